The molecule has 0 aromatic rings. The van der Waals surface area contributed by atoms with Crippen LogP contribution in [0.1, 0.15) is 65.6 Å². The Kier molecular flexibility index (Phi) is 16.1. The van der Waals surface area contributed by atoms with Gasteiger partial charge in [-0.3, -0.25) is 0 Å². The molecule has 5 N–H and O–H groups in total. The Morgan fingerprint density at radius 2 is 1.39 bits per heavy atom. The summed E-state index contributed by atoms with van der Waals surface area (Å²) in [5.74, 6) is 0.619. The maximum absolute atomic E-state index is 5.69. The molecule has 4 heteroatoms. The van der Waals surface area contributed by atoms with E-state index < -0.39 is 0 Å². The number of unbranched alkanes of at least 4 members (excludes halogenated alkanes) is 6. The quantitative estimate of drug-likeness (QED) is 0.352. The predicted octanol–water partition coefficient (Wildman–Crippen LogP) is 1.09. The van der Waals surface area contributed by atoms with Crippen LogP contribution in [-0.2, 0) is 0 Å². The molecule has 1 aliphatic rings. The minimum Gasteiger partial charge on any atom is -1.00 e. The third-order valence-electron chi connectivity index (χ3n) is 4.30. The summed E-state index contributed by atoms with van der Waals surface area (Å²) >= 11 is 0. The summed E-state index contributed by atoms with van der Waals surface area (Å²) in [6.45, 7) is 1.63. The van der Waals surface area contributed by atoms with Crippen molar-refractivity contribution in [3.05, 3.63) is 36.2 Å². The molecule has 23 heavy (non-hydrogen) atoms. The van der Waals surface area contributed by atoms with Crippen LogP contribution in [0.2, 0.25) is 0 Å². The average Bonchev–Trinajstić information content (AvgIpc) is 2.82. The molecule has 0 amide bonds. The Bertz CT molecular complexity index is 357. The van der Waals surface area contributed by atoms with Crippen LogP contribution >= 0.6 is 0 Å². The maximum atomic E-state index is 5.69. The number of allylic oxidation sites excluding steroid dienone is 5. The van der Waals surface area contributed by atoms with Gasteiger partial charge in [-0.05, 0) is 56.8 Å². The van der Waals surface area contributed by atoms with Gasteiger partial charge in [0, 0.05) is 11.9 Å². The minimum absolute atomic E-state index is 0. The van der Waals surface area contributed by atoms with E-state index in [1.807, 2.05) is 12.3 Å². The van der Waals surface area contributed by atoms with Crippen LogP contribution in [0, 0.1) is 5.92 Å². The van der Waals surface area contributed by atoms with Crippen LogP contribution in [0.3, 0.4) is 0 Å². The first-order valence-electron chi connectivity index (χ1n) is 9.08. The van der Waals surface area contributed by atoms with Crippen molar-refractivity contribution in [1.82, 2.24) is 5.32 Å². The summed E-state index contributed by atoms with van der Waals surface area (Å²) in [5.41, 5.74) is 12.6. The van der Waals surface area contributed by atoms with Crippen LogP contribution in [0.15, 0.2) is 36.2 Å². The first kappa shape index (κ1) is 22.5. The fourth-order valence-electron chi connectivity index (χ4n) is 2.96. The molecule has 0 saturated carbocycles. The third kappa shape index (κ3) is 11.7. The topological polar surface area (TPSA) is 64.1 Å². The third-order valence-corrected chi connectivity index (χ3v) is 4.30. The van der Waals surface area contributed by atoms with Gasteiger partial charge in [0.05, 0.1) is 0 Å². The summed E-state index contributed by atoms with van der Waals surface area (Å²) in [6, 6.07) is 0. The molecule has 0 aromatic heterocycles. The maximum Gasteiger partial charge on any atom is 1.00 e. The van der Waals surface area contributed by atoms with Crippen LogP contribution in [0.5, 0.6) is 0 Å². The second kappa shape index (κ2) is 16.4. The summed E-state index contributed by atoms with van der Waals surface area (Å²) in [5, 5.41) is 3.43. The molecule has 0 aliphatic carbocycles. The van der Waals surface area contributed by atoms with Crippen LogP contribution in [0.25, 0.3) is 0 Å². The van der Waals surface area contributed by atoms with Gasteiger partial charge in [-0.1, -0.05) is 50.7 Å². The Labute approximate surface area is 156 Å². The molecule has 1 heterocycles. The van der Waals surface area contributed by atoms with E-state index in [0.29, 0.717) is 5.92 Å². The van der Waals surface area contributed by atoms with Gasteiger partial charge in [0.1, 0.15) is 0 Å². The van der Waals surface area contributed by atoms with Gasteiger partial charge in [0.25, 0.3) is 0 Å². The van der Waals surface area contributed by atoms with Gasteiger partial charge in [-0.15, -0.1) is 0 Å². The Balaban J connectivity index is 0. The molecule has 128 valence electrons. The minimum atomic E-state index is 0. The number of hydrogen-bond acceptors (Lipinski definition) is 3. The Morgan fingerprint density at radius 1 is 0.783 bits per heavy atom. The van der Waals surface area contributed by atoms with Crippen molar-refractivity contribution < 1.29 is 20.3 Å². The van der Waals surface area contributed by atoms with Crippen LogP contribution in [-0.4, -0.2) is 13.1 Å². The molecule has 1 unspecified atom stereocenters. The molecule has 1 aliphatic heterocycles. The van der Waals surface area contributed by atoms with Crippen molar-refractivity contribution >= 4 is 0 Å². The van der Waals surface area contributed by atoms with Crippen molar-refractivity contribution in [3.8, 4) is 0 Å². The largest absolute Gasteiger partial charge is 1.00 e. The Morgan fingerprint density at radius 3 is 2.09 bits per heavy atom. The van der Waals surface area contributed by atoms with E-state index in [2.05, 4.69) is 23.5 Å². The second-order valence-corrected chi connectivity index (χ2v) is 6.19. The summed E-state index contributed by atoms with van der Waals surface area (Å²) in [6.07, 6.45) is 23.3. The van der Waals surface area contributed by atoms with Crippen LogP contribution in [0.4, 0.5) is 0 Å². The number of hydrogen-bond donors (Lipinski definition) is 3. The van der Waals surface area contributed by atoms with Gasteiger partial charge in [-0.25, -0.2) is 0 Å². The summed E-state index contributed by atoms with van der Waals surface area (Å²) in [7, 11) is 0. The smallest absolute Gasteiger partial charge is 1.00 e. The first-order chi connectivity index (χ1) is 10.9. The van der Waals surface area contributed by atoms with Gasteiger partial charge < -0.3 is 18.2 Å². The van der Waals surface area contributed by atoms with Gasteiger partial charge in [0.2, 0.25) is 0 Å². The molecule has 0 aromatic carbocycles. The van der Waals surface area contributed by atoms with Gasteiger partial charge in [0.15, 0.2) is 0 Å². The number of nitrogens with one attached hydrogen (secondary N) is 1. The molecule has 0 fully saturated rings. The molecule has 1 rings (SSSR count). The standard InChI is InChI=1S/C19H35N3.Li.H/c20-15-9-5-3-1-2-4-7-12-18(13-11-16-21)19-14-8-6-10-17-22-19;;/h6,8,10,14,17-18,22H,1-5,7,9,11-13,15-16,20-21H2;;/q;+1;-1. The zero-order valence-corrected chi connectivity index (χ0v) is 15.1. The predicted molar refractivity (Wildman–Crippen MR) is 98.4 cm³/mol. The average molecular weight is 313 g/mol. The monoisotopic (exact) mass is 313 g/mol. The molecule has 1 atom stereocenters. The van der Waals surface area contributed by atoms with Crippen molar-refractivity contribution in [2.45, 2.75) is 64.2 Å². The van der Waals surface area contributed by atoms with E-state index in [4.69, 9.17) is 11.5 Å². The van der Waals surface area contributed by atoms with E-state index in [1.54, 1.807) is 0 Å². The molecular weight excluding hydrogens is 277 g/mol. The summed E-state index contributed by atoms with van der Waals surface area (Å²) in [4.78, 5) is 0. The fourth-order valence-corrected chi connectivity index (χ4v) is 2.96. The first-order valence-corrected chi connectivity index (χ1v) is 9.08. The van der Waals surface area contributed by atoms with E-state index in [0.717, 1.165) is 19.5 Å². The second-order valence-electron chi connectivity index (χ2n) is 6.19. The molecule has 0 spiro atoms. The Hall–Kier alpha value is -0.463. The molecule has 0 radical (unpaired) electrons. The zero-order valence-electron chi connectivity index (χ0n) is 16.1. The van der Waals surface area contributed by atoms with Gasteiger partial charge in [-0.2, -0.15) is 0 Å². The normalized spacial score (nSPS) is 14.6. The number of nitrogens with two attached hydrogens (primary N) is 2. The van der Waals surface area contributed by atoms with Crippen molar-refractivity contribution in [3.63, 3.8) is 0 Å². The SMILES string of the molecule is NCCCCCCCCCC(CCCN)C1=CC=CC=CN1.[H-].[Li+]. The van der Waals surface area contributed by atoms with E-state index in [1.165, 1.54) is 63.5 Å². The number of rotatable bonds is 13. The van der Waals surface area contributed by atoms with Crippen molar-refractivity contribution in [1.29, 1.82) is 0 Å². The molecular formula is C19H36LiN3. The fraction of sp³-hybridized carbons (Fsp3) is 0.684. The summed E-state index contributed by atoms with van der Waals surface area (Å²) < 4.78 is 0. The van der Waals surface area contributed by atoms with E-state index in [9.17, 15) is 0 Å². The van der Waals surface area contributed by atoms with Crippen molar-refractivity contribution in [2.75, 3.05) is 13.1 Å². The molecule has 3 nitrogen and oxygen atoms in total. The van der Waals surface area contributed by atoms with E-state index >= 15 is 0 Å². The van der Waals surface area contributed by atoms with Crippen LogP contribution < -0.4 is 35.6 Å². The van der Waals surface area contributed by atoms with E-state index in [-0.39, 0.29) is 20.3 Å². The van der Waals surface area contributed by atoms with Gasteiger partial charge >= 0.3 is 18.9 Å². The van der Waals surface area contributed by atoms with Crippen molar-refractivity contribution in [2.24, 2.45) is 17.4 Å². The molecule has 0 saturated heterocycles. The molecule has 0 bridgehead atoms. The zero-order chi connectivity index (χ0) is 15.9.